The molecule has 0 radical (unpaired) electrons. The summed E-state index contributed by atoms with van der Waals surface area (Å²) in [5.74, 6) is -0.586. The summed E-state index contributed by atoms with van der Waals surface area (Å²) in [5, 5.41) is 8.55. The van der Waals surface area contributed by atoms with Crippen molar-refractivity contribution in [1.29, 1.82) is 0 Å². The molecular formula is C7H14F3NO3S. The van der Waals surface area contributed by atoms with E-state index in [1.165, 1.54) is 6.92 Å². The molecule has 0 aromatic rings. The predicted molar refractivity (Wildman–Crippen MR) is 48.8 cm³/mol. The van der Waals surface area contributed by atoms with Gasteiger partial charge in [0, 0.05) is 12.5 Å². The number of rotatable bonds is 6. The minimum absolute atomic E-state index is 0.390. The Morgan fingerprint density at radius 2 is 1.93 bits per heavy atom. The molecule has 0 amide bonds. The Kier molecular flexibility index (Phi) is 5.54. The van der Waals surface area contributed by atoms with Crippen LogP contribution in [0.4, 0.5) is 13.2 Å². The molecule has 1 atom stereocenters. The molecule has 0 aromatic heterocycles. The van der Waals surface area contributed by atoms with Gasteiger partial charge in [0.05, 0.1) is 12.4 Å². The highest BCUT2D eigenvalue weighted by Gasteiger charge is 2.27. The lowest BCUT2D eigenvalue weighted by Gasteiger charge is -2.11. The van der Waals surface area contributed by atoms with Crippen LogP contribution in [0.5, 0.6) is 0 Å². The largest absolute Gasteiger partial charge is 0.395 e. The fourth-order valence-corrected chi connectivity index (χ4v) is 2.20. The van der Waals surface area contributed by atoms with Gasteiger partial charge in [-0.1, -0.05) is 0 Å². The van der Waals surface area contributed by atoms with Crippen LogP contribution in [0.25, 0.3) is 0 Å². The third-order valence-corrected chi connectivity index (χ3v) is 3.12. The Morgan fingerprint density at radius 1 is 1.40 bits per heavy atom. The van der Waals surface area contributed by atoms with E-state index in [1.54, 1.807) is 0 Å². The molecule has 0 fully saturated rings. The van der Waals surface area contributed by atoms with E-state index in [0.717, 1.165) is 0 Å². The lowest BCUT2D eigenvalue weighted by Crippen LogP contribution is -2.36. The summed E-state index contributed by atoms with van der Waals surface area (Å²) in [7, 11) is -3.73. The standard InChI is InChI=1S/C7H14F3NO3S/c1-6(5-12)11-15(13,14)4-2-3-7(8,9)10/h6,11-12H,2-5H2,1H3/t6-/m0/s1. The van der Waals surface area contributed by atoms with Crippen LogP contribution in [0.15, 0.2) is 0 Å². The van der Waals surface area contributed by atoms with Crippen LogP contribution in [0.2, 0.25) is 0 Å². The van der Waals surface area contributed by atoms with E-state index in [2.05, 4.69) is 0 Å². The van der Waals surface area contributed by atoms with E-state index in [4.69, 9.17) is 5.11 Å². The molecule has 0 rings (SSSR count). The number of hydrogen-bond acceptors (Lipinski definition) is 3. The number of hydrogen-bond donors (Lipinski definition) is 2. The van der Waals surface area contributed by atoms with Gasteiger partial charge in [-0.15, -0.1) is 0 Å². The molecule has 0 unspecified atom stereocenters. The van der Waals surface area contributed by atoms with Gasteiger partial charge >= 0.3 is 6.18 Å². The average Bonchev–Trinajstić information content (AvgIpc) is 2.00. The number of sulfonamides is 1. The second kappa shape index (κ2) is 5.66. The Morgan fingerprint density at radius 3 is 2.33 bits per heavy atom. The highest BCUT2D eigenvalue weighted by molar-refractivity contribution is 7.89. The van der Waals surface area contributed by atoms with Gasteiger partial charge in [-0.25, -0.2) is 13.1 Å². The highest BCUT2D eigenvalue weighted by Crippen LogP contribution is 2.21. The predicted octanol–water partition coefficient (Wildman–Crippen LogP) is 0.629. The maximum atomic E-state index is 11.7. The van der Waals surface area contributed by atoms with Gasteiger partial charge in [0.1, 0.15) is 0 Å². The first-order chi connectivity index (χ1) is 6.66. The first-order valence-corrected chi connectivity index (χ1v) is 5.99. The Bertz CT molecular complexity index is 276. The zero-order valence-electron chi connectivity index (χ0n) is 8.21. The van der Waals surface area contributed by atoms with Crippen molar-refractivity contribution >= 4 is 10.0 Å². The fourth-order valence-electron chi connectivity index (χ4n) is 0.865. The summed E-state index contributed by atoms with van der Waals surface area (Å²) in [6.45, 7) is 1.03. The molecule has 0 saturated carbocycles. The smallest absolute Gasteiger partial charge is 0.389 e. The third kappa shape index (κ3) is 8.64. The summed E-state index contributed by atoms with van der Waals surface area (Å²) >= 11 is 0. The number of alkyl halides is 3. The maximum absolute atomic E-state index is 11.7. The van der Waals surface area contributed by atoms with Gasteiger partial charge in [0.25, 0.3) is 0 Å². The van der Waals surface area contributed by atoms with Crippen LogP contribution in [0.3, 0.4) is 0 Å². The summed E-state index contributed by atoms with van der Waals surface area (Å²) in [5.41, 5.74) is 0. The van der Waals surface area contributed by atoms with E-state index >= 15 is 0 Å². The molecule has 0 aliphatic carbocycles. The number of aliphatic hydroxyl groups excluding tert-OH is 1. The summed E-state index contributed by atoms with van der Waals surface area (Å²) in [6, 6.07) is -0.680. The van der Waals surface area contributed by atoms with Crippen molar-refractivity contribution in [3.05, 3.63) is 0 Å². The quantitative estimate of drug-likeness (QED) is 0.725. The van der Waals surface area contributed by atoms with Gasteiger partial charge in [-0.3, -0.25) is 0 Å². The molecule has 0 saturated heterocycles. The molecule has 8 heteroatoms. The van der Waals surface area contributed by atoms with Crippen LogP contribution in [-0.2, 0) is 10.0 Å². The molecule has 2 N–H and O–H groups in total. The minimum Gasteiger partial charge on any atom is -0.395 e. The molecule has 0 spiro atoms. The van der Waals surface area contributed by atoms with Crippen molar-refractivity contribution < 1.29 is 26.7 Å². The SMILES string of the molecule is C[C@@H](CO)NS(=O)(=O)CCCC(F)(F)F. The van der Waals surface area contributed by atoms with E-state index in [0.29, 0.717) is 0 Å². The molecule has 0 heterocycles. The van der Waals surface area contributed by atoms with Crippen molar-refractivity contribution in [3.8, 4) is 0 Å². The number of nitrogens with one attached hydrogen (secondary N) is 1. The van der Waals surface area contributed by atoms with Crippen LogP contribution in [0, 0.1) is 0 Å². The van der Waals surface area contributed by atoms with Crippen LogP contribution < -0.4 is 4.72 Å². The van der Waals surface area contributed by atoms with Crippen LogP contribution in [0.1, 0.15) is 19.8 Å². The second-order valence-electron chi connectivity index (χ2n) is 3.24. The topological polar surface area (TPSA) is 66.4 Å². The monoisotopic (exact) mass is 249 g/mol. The molecule has 0 aromatic carbocycles. The zero-order chi connectivity index (χ0) is 12.1. The van der Waals surface area contributed by atoms with E-state index in [-0.39, 0.29) is 0 Å². The van der Waals surface area contributed by atoms with Crippen molar-refractivity contribution in [2.24, 2.45) is 0 Å². The van der Waals surface area contributed by atoms with Crippen LogP contribution in [-0.4, -0.2) is 38.1 Å². The van der Waals surface area contributed by atoms with Crippen molar-refractivity contribution in [3.63, 3.8) is 0 Å². The minimum atomic E-state index is -4.34. The van der Waals surface area contributed by atoms with Gasteiger partial charge in [0.15, 0.2) is 0 Å². The zero-order valence-corrected chi connectivity index (χ0v) is 9.03. The molecule has 4 nitrogen and oxygen atoms in total. The Balaban J connectivity index is 3.96. The van der Waals surface area contributed by atoms with Crippen molar-refractivity contribution in [1.82, 2.24) is 4.72 Å². The van der Waals surface area contributed by atoms with E-state index in [9.17, 15) is 21.6 Å². The first-order valence-electron chi connectivity index (χ1n) is 4.34. The number of aliphatic hydroxyl groups is 1. The molecule has 0 aliphatic heterocycles. The Hall–Kier alpha value is -0.340. The lowest BCUT2D eigenvalue weighted by atomic mass is 10.3. The Labute approximate surface area is 86.5 Å². The van der Waals surface area contributed by atoms with Gasteiger partial charge < -0.3 is 5.11 Å². The molecule has 92 valence electrons. The maximum Gasteiger partial charge on any atom is 0.389 e. The highest BCUT2D eigenvalue weighted by atomic mass is 32.2. The fraction of sp³-hybridized carbons (Fsp3) is 1.00. The van der Waals surface area contributed by atoms with Gasteiger partial charge in [0.2, 0.25) is 10.0 Å². The normalized spacial score (nSPS) is 15.3. The average molecular weight is 249 g/mol. The molecule has 0 bridgehead atoms. The molecule has 0 aliphatic rings. The van der Waals surface area contributed by atoms with E-state index in [1.807, 2.05) is 4.72 Å². The first kappa shape index (κ1) is 14.7. The lowest BCUT2D eigenvalue weighted by molar-refractivity contribution is -0.134. The van der Waals surface area contributed by atoms with Crippen molar-refractivity contribution in [2.75, 3.05) is 12.4 Å². The molecule has 15 heavy (non-hydrogen) atoms. The second-order valence-corrected chi connectivity index (χ2v) is 5.11. The van der Waals surface area contributed by atoms with Gasteiger partial charge in [-0.05, 0) is 13.3 Å². The number of halogens is 3. The molecular weight excluding hydrogens is 235 g/mol. The summed E-state index contributed by atoms with van der Waals surface area (Å²) in [4.78, 5) is 0. The summed E-state index contributed by atoms with van der Waals surface area (Å²) in [6.07, 6.45) is -5.93. The third-order valence-electron chi connectivity index (χ3n) is 1.53. The van der Waals surface area contributed by atoms with E-state index < -0.39 is 47.4 Å². The summed E-state index contributed by atoms with van der Waals surface area (Å²) < 4.78 is 59.4. The van der Waals surface area contributed by atoms with Crippen LogP contribution >= 0.6 is 0 Å². The van der Waals surface area contributed by atoms with Crippen molar-refractivity contribution in [2.45, 2.75) is 32.0 Å². The van der Waals surface area contributed by atoms with Gasteiger partial charge in [-0.2, -0.15) is 13.2 Å².